The quantitative estimate of drug-likeness (QED) is 0.183. The molecule has 0 aliphatic rings. The Bertz CT molecular complexity index is 1250. The molecule has 0 bridgehead atoms. The molecule has 0 spiro atoms. The monoisotopic (exact) mass is 708 g/mol. The third-order valence-corrected chi connectivity index (χ3v) is 6.26. The Kier molecular flexibility index (Phi) is 10.9. The summed E-state index contributed by atoms with van der Waals surface area (Å²) in [5.41, 5.74) is -1.47. The fourth-order valence-electron chi connectivity index (χ4n) is 2.83. The van der Waals surface area contributed by atoms with E-state index >= 15 is 0 Å². The first-order chi connectivity index (χ1) is 17.9. The first-order valence-electron chi connectivity index (χ1n) is 9.76. The van der Waals surface area contributed by atoms with E-state index in [4.69, 9.17) is 0 Å². The van der Waals surface area contributed by atoms with Gasteiger partial charge in [-0.25, -0.2) is 8.42 Å². The Hall–Kier alpha value is -1.27. The summed E-state index contributed by atoms with van der Waals surface area (Å²) < 4.78 is 304. The van der Waals surface area contributed by atoms with Crippen LogP contribution in [-0.4, -0.2) is 72.2 Å². The Balaban J connectivity index is 0.0000176. The van der Waals surface area contributed by atoms with Crippen LogP contribution >= 0.6 is 0 Å². The summed E-state index contributed by atoms with van der Waals surface area (Å²) in [6.45, 7) is -1.40. The molecule has 0 aliphatic carbocycles. The fraction of sp³-hybridized carbons (Fsp3) is 0.667. The second kappa shape index (κ2) is 11.2. The van der Waals surface area contributed by atoms with Gasteiger partial charge in [-0.15, -0.1) is 0 Å². The van der Waals surface area contributed by atoms with Crippen LogP contribution in [0.25, 0.3) is 0 Å². The van der Waals surface area contributed by atoms with Gasteiger partial charge in [0.05, 0.1) is 4.90 Å². The first-order valence-corrected chi connectivity index (χ1v) is 11.2. The van der Waals surface area contributed by atoms with Crippen molar-refractivity contribution in [2.45, 2.75) is 77.5 Å². The normalized spacial score (nSPS) is 15.8. The van der Waals surface area contributed by atoms with Crippen LogP contribution in [-0.2, 0) is 16.5 Å². The molecule has 0 amide bonds. The predicted molar refractivity (Wildman–Crippen MR) is 93.3 cm³/mol. The van der Waals surface area contributed by atoms with Crippen LogP contribution in [0.2, 0.25) is 0 Å². The van der Waals surface area contributed by atoms with Crippen molar-refractivity contribution in [2.24, 2.45) is 0 Å². The molecule has 0 saturated carbocycles. The number of hydrogen-bond acceptors (Lipinski definition) is 3. The summed E-state index contributed by atoms with van der Waals surface area (Å²) in [6, 6.07) is 0.0384. The fourth-order valence-corrected chi connectivity index (χ4v) is 3.30. The molecule has 0 fully saturated rings. The largest absolute Gasteiger partial charge is 1.00 e. The van der Waals surface area contributed by atoms with Crippen molar-refractivity contribution in [3.8, 4) is 0 Å². The summed E-state index contributed by atoms with van der Waals surface area (Å²) in [5, 5.41) is 0. The van der Waals surface area contributed by atoms with Gasteiger partial charge in [-0.2, -0.15) is 87.8 Å². The number of hydrogen-bond donors (Lipinski definition) is 0. The molecular formula is C18H9F20NaO3S. The van der Waals surface area contributed by atoms with E-state index in [1.165, 1.54) is 0 Å². The molecule has 0 atom stereocenters. The molecule has 25 heteroatoms. The zero-order valence-electron chi connectivity index (χ0n) is 20.2. The van der Waals surface area contributed by atoms with Gasteiger partial charge in [0.1, 0.15) is 10.1 Å². The molecule has 43 heavy (non-hydrogen) atoms. The maximum absolute atomic E-state index is 14.0. The van der Waals surface area contributed by atoms with Gasteiger partial charge < -0.3 is 4.55 Å². The number of alkyl halides is 20. The molecule has 0 unspecified atom stereocenters. The summed E-state index contributed by atoms with van der Waals surface area (Å²) in [7, 11) is -5.37. The van der Waals surface area contributed by atoms with Gasteiger partial charge in [0.25, 0.3) is 0 Å². The van der Waals surface area contributed by atoms with E-state index in [0.29, 0.717) is 0 Å². The Labute approximate surface area is 247 Å². The van der Waals surface area contributed by atoms with Crippen molar-refractivity contribution in [3.63, 3.8) is 0 Å². The number of benzene rings is 1. The Morgan fingerprint density at radius 3 is 1.02 bits per heavy atom. The van der Waals surface area contributed by atoms with Gasteiger partial charge >= 0.3 is 88.8 Å². The zero-order chi connectivity index (χ0) is 34.2. The number of halogens is 20. The molecule has 0 aromatic heterocycles. The third kappa shape index (κ3) is 6.02. The van der Waals surface area contributed by atoms with Gasteiger partial charge in [-0.1, -0.05) is 12.1 Å². The molecule has 0 aliphatic heterocycles. The second-order valence-electron chi connectivity index (χ2n) is 8.46. The molecule has 1 rings (SSSR count). The van der Waals surface area contributed by atoms with Crippen molar-refractivity contribution in [1.82, 2.24) is 0 Å². The predicted octanol–water partition coefficient (Wildman–Crippen LogP) is 4.51. The van der Waals surface area contributed by atoms with Crippen LogP contribution in [0.3, 0.4) is 0 Å². The van der Waals surface area contributed by atoms with E-state index in [1.54, 1.807) is 0 Å². The average molecular weight is 708 g/mol. The maximum atomic E-state index is 14.0. The molecule has 0 N–H and O–H groups in total. The second-order valence-corrected chi connectivity index (χ2v) is 9.84. The SMILES string of the molecule is CC(F)(F)C(F)(F)C(F)(F)C(F)(F)C(F)(F)C(F)(F)C(F)(F)C(F)(F)C(F)(F)C(F)(F)Cc1ccc(S(=O)(=O)[O-])cc1.[Na+]. The molecule has 0 radical (unpaired) electrons. The summed E-state index contributed by atoms with van der Waals surface area (Å²) in [4.78, 5) is -1.29. The molecule has 3 nitrogen and oxygen atoms in total. The summed E-state index contributed by atoms with van der Waals surface area (Å²) in [6.07, 6.45) is -3.00. The van der Waals surface area contributed by atoms with Crippen LogP contribution < -0.4 is 29.6 Å². The minimum Gasteiger partial charge on any atom is -0.744 e. The van der Waals surface area contributed by atoms with Crippen LogP contribution in [0.5, 0.6) is 0 Å². The minimum atomic E-state index is -9.11. The van der Waals surface area contributed by atoms with Crippen LogP contribution in [0.4, 0.5) is 87.8 Å². The Morgan fingerprint density at radius 1 is 0.512 bits per heavy atom. The Morgan fingerprint density at radius 2 is 0.767 bits per heavy atom. The molecule has 246 valence electrons. The molecule has 1 aromatic rings. The van der Waals surface area contributed by atoms with Crippen LogP contribution in [0.1, 0.15) is 12.5 Å². The van der Waals surface area contributed by atoms with Crippen LogP contribution in [0.15, 0.2) is 29.2 Å². The van der Waals surface area contributed by atoms with E-state index in [-0.39, 0.29) is 53.8 Å². The van der Waals surface area contributed by atoms with Crippen molar-refractivity contribution in [2.75, 3.05) is 0 Å². The topological polar surface area (TPSA) is 57.2 Å². The van der Waals surface area contributed by atoms with E-state index in [0.717, 1.165) is 0 Å². The van der Waals surface area contributed by atoms with Gasteiger partial charge in [-0.3, -0.25) is 0 Å². The summed E-state index contributed by atoms with van der Waals surface area (Å²) >= 11 is 0. The molecule has 0 saturated heterocycles. The van der Waals surface area contributed by atoms with Crippen molar-refractivity contribution in [1.29, 1.82) is 0 Å². The molecule has 1 aromatic carbocycles. The van der Waals surface area contributed by atoms with E-state index in [9.17, 15) is 101 Å². The van der Waals surface area contributed by atoms with E-state index in [1.807, 2.05) is 0 Å². The van der Waals surface area contributed by atoms with Crippen molar-refractivity contribution < 1.29 is 130 Å². The van der Waals surface area contributed by atoms with Gasteiger partial charge in [-0.05, 0) is 17.7 Å². The van der Waals surface area contributed by atoms with E-state index < -0.39 is 93.1 Å². The maximum Gasteiger partial charge on any atom is 1.00 e. The standard InChI is InChI=1S/C18H10F20O3S.Na/c1-9(19,20)11(23,24)13(27,28)15(31,32)17(35,36)18(37,38)16(33,34)14(29,30)12(25,26)10(21,22)6-7-2-4-8(5-3-7)42(39,40)41;/h2-5H,6H2,1H3,(H,39,40,41);/q;+1/p-1. The van der Waals surface area contributed by atoms with Gasteiger partial charge in [0.15, 0.2) is 0 Å². The molecule has 0 heterocycles. The zero-order valence-corrected chi connectivity index (χ0v) is 23.0. The van der Waals surface area contributed by atoms with Crippen LogP contribution in [0, 0.1) is 0 Å². The smallest absolute Gasteiger partial charge is 0.744 e. The molecular weight excluding hydrogens is 699 g/mol. The first kappa shape index (κ1) is 41.7. The minimum absolute atomic E-state index is 0. The average Bonchev–Trinajstić information content (AvgIpc) is 2.76. The van der Waals surface area contributed by atoms with Gasteiger partial charge in [0.2, 0.25) is 0 Å². The number of rotatable bonds is 12. The summed E-state index contributed by atoms with van der Waals surface area (Å²) in [5.74, 6) is -82.6. The van der Waals surface area contributed by atoms with Crippen molar-refractivity contribution in [3.05, 3.63) is 29.8 Å². The van der Waals surface area contributed by atoms with Gasteiger partial charge in [0, 0.05) is 13.3 Å². The van der Waals surface area contributed by atoms with Crippen molar-refractivity contribution >= 4 is 10.1 Å². The van der Waals surface area contributed by atoms with E-state index in [2.05, 4.69) is 0 Å². The third-order valence-electron chi connectivity index (χ3n) is 5.41.